The Hall–Kier alpha value is -1.41. The molecule has 0 bridgehead atoms. The third-order valence-corrected chi connectivity index (χ3v) is 4.53. The van der Waals surface area contributed by atoms with E-state index in [1.807, 2.05) is 13.8 Å². The molecule has 2 heterocycles. The van der Waals surface area contributed by atoms with E-state index in [9.17, 15) is 4.79 Å². The van der Waals surface area contributed by atoms with Crippen molar-refractivity contribution < 1.29 is 13.9 Å². The van der Waals surface area contributed by atoms with Crippen molar-refractivity contribution >= 4 is 29.1 Å². The Morgan fingerprint density at radius 2 is 2.19 bits per heavy atom. The maximum absolute atomic E-state index is 11.2. The van der Waals surface area contributed by atoms with Crippen molar-refractivity contribution in [1.82, 2.24) is 15.2 Å². The predicted octanol–water partition coefficient (Wildman–Crippen LogP) is 3.25. The van der Waals surface area contributed by atoms with E-state index >= 15 is 0 Å². The third kappa shape index (κ3) is 4.53. The van der Waals surface area contributed by atoms with Crippen LogP contribution in [0, 0.1) is 13.8 Å². The number of carbonyl (C=O) groups is 1. The zero-order valence-electron chi connectivity index (χ0n) is 12.2. The van der Waals surface area contributed by atoms with Crippen LogP contribution in [-0.2, 0) is 9.53 Å². The molecule has 0 aromatic carbocycles. The van der Waals surface area contributed by atoms with Crippen molar-refractivity contribution in [3.05, 3.63) is 10.7 Å². The highest BCUT2D eigenvalue weighted by Gasteiger charge is 2.15. The number of carbonyl (C=O) groups excluding carboxylic acids is 1. The fraction of sp³-hybridized carbons (Fsp3) is 0.538. The maximum Gasteiger partial charge on any atom is 0.305 e. The van der Waals surface area contributed by atoms with Crippen LogP contribution >= 0.6 is 23.1 Å². The van der Waals surface area contributed by atoms with Crippen molar-refractivity contribution in [2.45, 2.75) is 38.8 Å². The molecule has 8 heteroatoms. The molecule has 0 saturated carbocycles. The number of ether oxygens (including phenoxy) is 1. The quantitative estimate of drug-likeness (QED) is 0.439. The summed E-state index contributed by atoms with van der Waals surface area (Å²) in [5.74, 6) is 1.08. The topological polar surface area (TPSA) is 78.1 Å². The van der Waals surface area contributed by atoms with Gasteiger partial charge in [0.2, 0.25) is 0 Å². The first kappa shape index (κ1) is 16.0. The number of rotatable bonds is 7. The van der Waals surface area contributed by atoms with E-state index < -0.39 is 0 Å². The van der Waals surface area contributed by atoms with Gasteiger partial charge < -0.3 is 9.15 Å². The first-order valence-electron chi connectivity index (χ1n) is 6.66. The molecule has 0 aliphatic heterocycles. The summed E-state index contributed by atoms with van der Waals surface area (Å²) in [6, 6.07) is 0. The Morgan fingerprint density at radius 3 is 2.86 bits per heavy atom. The number of aryl methyl sites for hydroxylation is 2. The van der Waals surface area contributed by atoms with Gasteiger partial charge in [0.05, 0.1) is 17.3 Å². The molecule has 0 aliphatic rings. The number of thiazole rings is 1. The van der Waals surface area contributed by atoms with Gasteiger partial charge >= 0.3 is 5.97 Å². The van der Waals surface area contributed by atoms with Crippen molar-refractivity contribution in [3.63, 3.8) is 0 Å². The summed E-state index contributed by atoms with van der Waals surface area (Å²) in [6.45, 7) is 6.10. The number of hydrogen-bond donors (Lipinski definition) is 0. The highest BCUT2D eigenvalue weighted by Crippen LogP contribution is 2.30. The molecular formula is C13H17N3O3S2. The minimum Gasteiger partial charge on any atom is -0.466 e. The van der Waals surface area contributed by atoms with Gasteiger partial charge in [-0.3, -0.25) is 4.79 Å². The molecule has 114 valence electrons. The lowest BCUT2D eigenvalue weighted by Gasteiger charge is -1.99. The largest absolute Gasteiger partial charge is 0.466 e. The molecule has 0 atom stereocenters. The summed E-state index contributed by atoms with van der Waals surface area (Å²) in [5, 5.41) is 9.54. The van der Waals surface area contributed by atoms with E-state index in [0.29, 0.717) is 24.1 Å². The average molecular weight is 327 g/mol. The standard InChI is InChI=1S/C13H17N3O3S2/c1-4-18-10(17)6-5-7-20-13-16-15-12(19-13)11-8(2)14-9(3)21-11/h4-7H2,1-3H3. The molecule has 0 aliphatic carbocycles. The first-order valence-corrected chi connectivity index (χ1v) is 8.46. The van der Waals surface area contributed by atoms with Crippen LogP contribution < -0.4 is 0 Å². The molecule has 21 heavy (non-hydrogen) atoms. The Balaban J connectivity index is 1.84. The SMILES string of the molecule is CCOC(=O)CCCSc1nnc(-c2sc(C)nc2C)o1. The molecule has 0 amide bonds. The Morgan fingerprint density at radius 1 is 1.38 bits per heavy atom. The van der Waals surface area contributed by atoms with Gasteiger partial charge in [0.15, 0.2) is 0 Å². The maximum atomic E-state index is 11.2. The molecular weight excluding hydrogens is 310 g/mol. The van der Waals surface area contributed by atoms with Gasteiger partial charge in [-0.25, -0.2) is 4.98 Å². The third-order valence-electron chi connectivity index (χ3n) is 2.56. The van der Waals surface area contributed by atoms with E-state index in [2.05, 4.69) is 15.2 Å². The Labute approximate surface area is 131 Å². The first-order chi connectivity index (χ1) is 10.1. The zero-order valence-corrected chi connectivity index (χ0v) is 13.8. The van der Waals surface area contributed by atoms with Gasteiger partial charge in [0.1, 0.15) is 4.88 Å². The second-order valence-electron chi connectivity index (χ2n) is 4.28. The summed E-state index contributed by atoms with van der Waals surface area (Å²) in [5.41, 5.74) is 0.903. The molecule has 0 radical (unpaired) electrons. The van der Waals surface area contributed by atoms with Gasteiger partial charge in [-0.05, 0) is 27.2 Å². The number of nitrogens with zero attached hydrogens (tertiary/aromatic N) is 3. The van der Waals surface area contributed by atoms with Crippen LogP contribution in [0.15, 0.2) is 9.64 Å². The van der Waals surface area contributed by atoms with Gasteiger partial charge in [-0.2, -0.15) is 0 Å². The number of thioether (sulfide) groups is 1. The van der Waals surface area contributed by atoms with Crippen LogP contribution in [0.1, 0.15) is 30.5 Å². The summed E-state index contributed by atoms with van der Waals surface area (Å²) >= 11 is 2.99. The minimum atomic E-state index is -0.167. The van der Waals surface area contributed by atoms with Crippen molar-refractivity contribution in [2.24, 2.45) is 0 Å². The Bertz CT molecular complexity index is 610. The Kier molecular flexibility index (Phi) is 5.75. The van der Waals surface area contributed by atoms with E-state index in [1.54, 1.807) is 18.3 Å². The van der Waals surface area contributed by atoms with Crippen LogP contribution in [0.4, 0.5) is 0 Å². The molecule has 2 aromatic rings. The molecule has 2 rings (SSSR count). The highest BCUT2D eigenvalue weighted by atomic mass is 32.2. The van der Waals surface area contributed by atoms with E-state index in [1.165, 1.54) is 11.8 Å². The second-order valence-corrected chi connectivity index (χ2v) is 6.53. The molecule has 0 fully saturated rings. The molecule has 0 spiro atoms. The molecule has 6 nitrogen and oxygen atoms in total. The molecule has 0 unspecified atom stereocenters. The van der Waals surface area contributed by atoms with Gasteiger partial charge in [0.25, 0.3) is 11.1 Å². The number of esters is 1. The predicted molar refractivity (Wildman–Crippen MR) is 81.5 cm³/mol. The summed E-state index contributed by atoms with van der Waals surface area (Å²) in [7, 11) is 0. The smallest absolute Gasteiger partial charge is 0.305 e. The fourth-order valence-electron chi connectivity index (χ4n) is 1.70. The molecule has 2 aromatic heterocycles. The highest BCUT2D eigenvalue weighted by molar-refractivity contribution is 7.99. The normalized spacial score (nSPS) is 10.8. The van der Waals surface area contributed by atoms with Crippen molar-refractivity contribution in [2.75, 3.05) is 12.4 Å². The summed E-state index contributed by atoms with van der Waals surface area (Å²) in [4.78, 5) is 16.5. The van der Waals surface area contributed by atoms with Crippen LogP contribution in [0.5, 0.6) is 0 Å². The fourth-order valence-corrected chi connectivity index (χ4v) is 3.24. The number of aromatic nitrogens is 3. The minimum absolute atomic E-state index is 0.167. The lowest BCUT2D eigenvalue weighted by Crippen LogP contribution is -2.03. The van der Waals surface area contributed by atoms with E-state index in [-0.39, 0.29) is 5.97 Å². The number of hydrogen-bond acceptors (Lipinski definition) is 8. The van der Waals surface area contributed by atoms with E-state index in [0.717, 1.165) is 27.8 Å². The molecule has 0 saturated heterocycles. The molecule has 0 N–H and O–H groups in total. The second kappa shape index (κ2) is 7.56. The van der Waals surface area contributed by atoms with Gasteiger partial charge in [-0.15, -0.1) is 21.5 Å². The monoisotopic (exact) mass is 327 g/mol. The lowest BCUT2D eigenvalue weighted by molar-refractivity contribution is -0.143. The van der Waals surface area contributed by atoms with Crippen molar-refractivity contribution in [1.29, 1.82) is 0 Å². The lowest BCUT2D eigenvalue weighted by atomic mass is 10.3. The van der Waals surface area contributed by atoms with Crippen molar-refractivity contribution in [3.8, 4) is 10.8 Å². The summed E-state index contributed by atoms with van der Waals surface area (Å²) in [6.07, 6.45) is 1.13. The van der Waals surface area contributed by atoms with E-state index in [4.69, 9.17) is 9.15 Å². The zero-order chi connectivity index (χ0) is 15.2. The van der Waals surface area contributed by atoms with Crippen LogP contribution in [0.25, 0.3) is 10.8 Å². The van der Waals surface area contributed by atoms with Gasteiger partial charge in [-0.1, -0.05) is 11.8 Å². The van der Waals surface area contributed by atoms with Crippen LogP contribution in [-0.4, -0.2) is 33.5 Å². The average Bonchev–Trinajstić information content (AvgIpc) is 3.01. The van der Waals surface area contributed by atoms with Crippen LogP contribution in [0.2, 0.25) is 0 Å². The van der Waals surface area contributed by atoms with Gasteiger partial charge in [0, 0.05) is 12.2 Å². The summed E-state index contributed by atoms with van der Waals surface area (Å²) < 4.78 is 10.5. The van der Waals surface area contributed by atoms with Crippen LogP contribution in [0.3, 0.4) is 0 Å².